The molecule has 0 aliphatic carbocycles. The summed E-state index contributed by atoms with van der Waals surface area (Å²) >= 11 is 12.5. The van der Waals surface area contributed by atoms with E-state index in [0.29, 0.717) is 0 Å². The molecule has 1 aliphatic rings. The highest BCUT2D eigenvalue weighted by Crippen LogP contribution is 2.40. The van der Waals surface area contributed by atoms with E-state index in [1.807, 2.05) is 25.2 Å². The molecule has 0 aromatic heterocycles. The van der Waals surface area contributed by atoms with Crippen LogP contribution in [0.4, 0.5) is 0 Å². The second kappa shape index (κ2) is 6.26. The second-order valence-electron chi connectivity index (χ2n) is 4.04. The third-order valence-electron chi connectivity index (χ3n) is 3.27. The summed E-state index contributed by atoms with van der Waals surface area (Å²) in [6, 6.07) is 5.64. The summed E-state index contributed by atoms with van der Waals surface area (Å²) in [5.74, 6) is 0. The summed E-state index contributed by atoms with van der Waals surface area (Å²) in [7, 11) is 1.95. The molecule has 0 amide bonds. The number of benzene rings is 1. The number of ether oxygens (including phenoxy) is 1. The van der Waals surface area contributed by atoms with Crippen molar-refractivity contribution in [1.29, 1.82) is 0 Å². The molecule has 0 saturated carbocycles. The second-order valence-corrected chi connectivity index (χ2v) is 4.86. The number of nitrogens with one attached hydrogen (secondary N) is 1. The standard InChI is InChI=1S/C12H15Cl2NO.ClH/c1-15-12(5-7-16-8-6-12)11-9(13)3-2-4-10(11)14;/h2-4,15H,5-8H2,1H3;1H. The third kappa shape index (κ3) is 2.88. The first kappa shape index (κ1) is 15.1. The zero-order valence-corrected chi connectivity index (χ0v) is 12.0. The molecule has 2 nitrogen and oxygen atoms in total. The summed E-state index contributed by atoms with van der Waals surface area (Å²) < 4.78 is 5.40. The van der Waals surface area contributed by atoms with Crippen LogP contribution in [0, 0.1) is 0 Å². The molecule has 1 saturated heterocycles. The van der Waals surface area contributed by atoms with Gasteiger partial charge in [-0.05, 0) is 32.0 Å². The Morgan fingerprint density at radius 2 is 1.71 bits per heavy atom. The first-order valence-electron chi connectivity index (χ1n) is 5.41. The van der Waals surface area contributed by atoms with Crippen LogP contribution >= 0.6 is 35.6 Å². The van der Waals surface area contributed by atoms with Crippen LogP contribution in [0.15, 0.2) is 18.2 Å². The van der Waals surface area contributed by atoms with Gasteiger partial charge in [-0.3, -0.25) is 0 Å². The van der Waals surface area contributed by atoms with Gasteiger partial charge in [-0.15, -0.1) is 12.4 Å². The van der Waals surface area contributed by atoms with E-state index >= 15 is 0 Å². The molecule has 0 spiro atoms. The molecule has 2 rings (SSSR count). The third-order valence-corrected chi connectivity index (χ3v) is 3.90. The lowest BCUT2D eigenvalue weighted by molar-refractivity contribution is 0.0399. The fraction of sp³-hybridized carbons (Fsp3) is 0.500. The summed E-state index contributed by atoms with van der Waals surface area (Å²) in [6.45, 7) is 1.48. The van der Waals surface area contributed by atoms with Crippen LogP contribution < -0.4 is 5.32 Å². The minimum absolute atomic E-state index is 0. The first-order chi connectivity index (χ1) is 7.69. The molecule has 0 bridgehead atoms. The Labute approximate surface area is 118 Å². The van der Waals surface area contributed by atoms with Gasteiger partial charge in [0.15, 0.2) is 0 Å². The maximum atomic E-state index is 6.27. The molecule has 1 aromatic rings. The minimum atomic E-state index is -0.145. The Balaban J connectivity index is 0.00000144. The van der Waals surface area contributed by atoms with Gasteiger partial charge in [-0.1, -0.05) is 29.3 Å². The van der Waals surface area contributed by atoms with Crippen molar-refractivity contribution in [3.05, 3.63) is 33.8 Å². The smallest absolute Gasteiger partial charge is 0.0506 e. The zero-order valence-electron chi connectivity index (χ0n) is 9.63. The fourth-order valence-corrected chi connectivity index (χ4v) is 3.06. The Bertz CT molecular complexity index is 358. The van der Waals surface area contributed by atoms with E-state index in [9.17, 15) is 0 Å². The van der Waals surface area contributed by atoms with Crippen LogP contribution in [0.3, 0.4) is 0 Å². The summed E-state index contributed by atoms with van der Waals surface area (Å²) in [4.78, 5) is 0. The SMILES string of the molecule is CNC1(c2c(Cl)cccc2Cl)CCOCC1.Cl. The number of rotatable bonds is 2. The van der Waals surface area contributed by atoms with E-state index in [1.54, 1.807) is 0 Å². The van der Waals surface area contributed by atoms with Crippen molar-refractivity contribution in [2.24, 2.45) is 0 Å². The van der Waals surface area contributed by atoms with Crippen molar-refractivity contribution in [3.8, 4) is 0 Å². The van der Waals surface area contributed by atoms with Crippen LogP contribution in [0.25, 0.3) is 0 Å². The van der Waals surface area contributed by atoms with Gasteiger partial charge < -0.3 is 10.1 Å². The van der Waals surface area contributed by atoms with Gasteiger partial charge in [0.25, 0.3) is 0 Å². The number of hydrogen-bond acceptors (Lipinski definition) is 2. The van der Waals surface area contributed by atoms with Gasteiger partial charge >= 0.3 is 0 Å². The molecule has 0 radical (unpaired) electrons. The van der Waals surface area contributed by atoms with Crippen molar-refractivity contribution < 1.29 is 4.74 Å². The molecule has 1 aliphatic heterocycles. The van der Waals surface area contributed by atoms with Crippen molar-refractivity contribution in [2.45, 2.75) is 18.4 Å². The van der Waals surface area contributed by atoms with Crippen LogP contribution in [0.1, 0.15) is 18.4 Å². The molecular weight excluding hydrogens is 280 g/mol. The Morgan fingerprint density at radius 3 is 2.18 bits per heavy atom. The molecule has 1 N–H and O–H groups in total. The fourth-order valence-electron chi connectivity index (χ4n) is 2.30. The molecule has 17 heavy (non-hydrogen) atoms. The number of hydrogen-bond donors (Lipinski definition) is 1. The maximum Gasteiger partial charge on any atom is 0.0506 e. The highest BCUT2D eigenvalue weighted by atomic mass is 35.5. The van der Waals surface area contributed by atoms with E-state index < -0.39 is 0 Å². The summed E-state index contributed by atoms with van der Waals surface area (Å²) in [5, 5.41) is 4.82. The van der Waals surface area contributed by atoms with E-state index in [2.05, 4.69) is 5.32 Å². The van der Waals surface area contributed by atoms with E-state index in [4.69, 9.17) is 27.9 Å². The van der Waals surface area contributed by atoms with Gasteiger partial charge in [-0.2, -0.15) is 0 Å². The van der Waals surface area contributed by atoms with Gasteiger partial charge in [-0.25, -0.2) is 0 Å². The van der Waals surface area contributed by atoms with Gasteiger partial charge in [0.2, 0.25) is 0 Å². The molecule has 0 atom stereocenters. The van der Waals surface area contributed by atoms with E-state index in [1.165, 1.54) is 0 Å². The van der Waals surface area contributed by atoms with Crippen molar-refractivity contribution in [1.82, 2.24) is 5.32 Å². The minimum Gasteiger partial charge on any atom is -0.381 e. The first-order valence-corrected chi connectivity index (χ1v) is 6.16. The van der Waals surface area contributed by atoms with E-state index in [-0.39, 0.29) is 17.9 Å². The highest BCUT2D eigenvalue weighted by Gasteiger charge is 2.36. The normalized spacial score (nSPS) is 18.5. The highest BCUT2D eigenvalue weighted by molar-refractivity contribution is 6.36. The number of halogens is 3. The monoisotopic (exact) mass is 295 g/mol. The van der Waals surface area contributed by atoms with Crippen molar-refractivity contribution >= 4 is 35.6 Å². The molecule has 0 unspecified atom stereocenters. The van der Waals surface area contributed by atoms with Crippen LogP contribution in [-0.2, 0) is 10.3 Å². The predicted molar refractivity (Wildman–Crippen MR) is 74.5 cm³/mol. The van der Waals surface area contributed by atoms with Crippen LogP contribution in [0.2, 0.25) is 10.0 Å². The quantitative estimate of drug-likeness (QED) is 0.899. The molecular formula is C12H16Cl3NO. The molecule has 1 fully saturated rings. The average Bonchev–Trinajstić information content (AvgIpc) is 2.30. The van der Waals surface area contributed by atoms with Gasteiger partial charge in [0.1, 0.15) is 0 Å². The Hall–Kier alpha value is 0.01000. The van der Waals surface area contributed by atoms with Gasteiger partial charge in [0, 0.05) is 28.8 Å². The molecule has 1 heterocycles. The predicted octanol–water partition coefficient (Wildman–Crippen LogP) is 3.64. The van der Waals surface area contributed by atoms with Crippen LogP contribution in [0.5, 0.6) is 0 Å². The van der Waals surface area contributed by atoms with Crippen molar-refractivity contribution in [2.75, 3.05) is 20.3 Å². The average molecular weight is 297 g/mol. The van der Waals surface area contributed by atoms with E-state index in [0.717, 1.165) is 41.7 Å². The maximum absolute atomic E-state index is 6.27. The van der Waals surface area contributed by atoms with Crippen LogP contribution in [-0.4, -0.2) is 20.3 Å². The Kier molecular flexibility index (Phi) is 5.55. The van der Waals surface area contributed by atoms with Crippen molar-refractivity contribution in [3.63, 3.8) is 0 Å². The molecule has 96 valence electrons. The largest absolute Gasteiger partial charge is 0.381 e. The zero-order chi connectivity index (χ0) is 11.6. The lowest BCUT2D eigenvalue weighted by atomic mass is 9.83. The topological polar surface area (TPSA) is 21.3 Å². The molecule has 1 aromatic carbocycles. The molecule has 5 heteroatoms. The Morgan fingerprint density at radius 1 is 1.18 bits per heavy atom. The lowest BCUT2D eigenvalue weighted by Gasteiger charge is -2.38. The van der Waals surface area contributed by atoms with Gasteiger partial charge in [0.05, 0.1) is 5.54 Å². The summed E-state index contributed by atoms with van der Waals surface area (Å²) in [6.07, 6.45) is 1.79. The summed E-state index contributed by atoms with van der Waals surface area (Å²) in [5.41, 5.74) is 0.859. The lowest BCUT2D eigenvalue weighted by Crippen LogP contribution is -2.45.